The van der Waals surface area contributed by atoms with Gasteiger partial charge in [-0.2, -0.15) is 0 Å². The normalized spacial score (nSPS) is 13.4. The summed E-state index contributed by atoms with van der Waals surface area (Å²) in [6.45, 7) is 5.85. The molecule has 4 nitrogen and oxygen atoms in total. The zero-order valence-corrected chi connectivity index (χ0v) is 14.3. The van der Waals surface area contributed by atoms with Gasteiger partial charge in [-0.1, -0.05) is 32.4 Å². The molecule has 0 aliphatic heterocycles. The third-order valence-electron chi connectivity index (χ3n) is 2.94. The summed E-state index contributed by atoms with van der Waals surface area (Å²) >= 11 is 5.87. The molecular formula is C16H20Cl2N2O2. The number of imidazole rings is 1. The van der Waals surface area contributed by atoms with Gasteiger partial charge in [-0.3, -0.25) is 0 Å². The molecule has 1 heterocycles. The van der Waals surface area contributed by atoms with Gasteiger partial charge in [0.15, 0.2) is 0 Å². The molecule has 1 aromatic heterocycles. The van der Waals surface area contributed by atoms with Crippen molar-refractivity contribution in [2.45, 2.75) is 26.9 Å². The van der Waals surface area contributed by atoms with E-state index in [4.69, 9.17) is 16.3 Å². The number of halogens is 2. The molecule has 0 bridgehead atoms. The zero-order chi connectivity index (χ0) is 15.5. The summed E-state index contributed by atoms with van der Waals surface area (Å²) < 4.78 is 7.57. The molecule has 1 N–H and O–H groups in total. The van der Waals surface area contributed by atoms with Crippen LogP contribution in [0.1, 0.15) is 20.8 Å². The molecule has 1 unspecified atom stereocenters. The van der Waals surface area contributed by atoms with E-state index in [1.807, 2.05) is 20.8 Å². The van der Waals surface area contributed by atoms with Crippen LogP contribution in [-0.2, 0) is 0 Å². The van der Waals surface area contributed by atoms with Crippen LogP contribution in [0.3, 0.4) is 0 Å². The monoisotopic (exact) mass is 342 g/mol. The van der Waals surface area contributed by atoms with E-state index in [1.165, 1.54) is 0 Å². The van der Waals surface area contributed by atoms with E-state index in [1.54, 1.807) is 53.8 Å². The van der Waals surface area contributed by atoms with Crippen molar-refractivity contribution in [2.75, 3.05) is 0 Å². The van der Waals surface area contributed by atoms with Gasteiger partial charge in [0.25, 0.3) is 0 Å². The first-order valence-corrected chi connectivity index (χ1v) is 7.05. The summed E-state index contributed by atoms with van der Waals surface area (Å²) in [6.07, 6.45) is 6.05. The number of hydrogen-bond acceptors (Lipinski definition) is 3. The summed E-state index contributed by atoms with van der Waals surface area (Å²) in [5, 5.41) is 11.1. The molecule has 0 amide bonds. The molecule has 6 heteroatoms. The van der Waals surface area contributed by atoms with Crippen LogP contribution in [0.5, 0.6) is 5.75 Å². The highest BCUT2D eigenvalue weighted by Gasteiger charge is 2.28. The molecular weight excluding hydrogens is 323 g/mol. The Kier molecular flexibility index (Phi) is 6.48. The van der Waals surface area contributed by atoms with Gasteiger partial charge in [-0.05, 0) is 29.7 Å². The predicted molar refractivity (Wildman–Crippen MR) is 91.3 cm³/mol. The topological polar surface area (TPSA) is 47.3 Å². The lowest BCUT2D eigenvalue weighted by Crippen LogP contribution is -2.30. The number of aromatic nitrogens is 2. The van der Waals surface area contributed by atoms with Crippen LogP contribution < -0.4 is 4.74 Å². The number of aliphatic hydroxyl groups excluding tert-OH is 1. The van der Waals surface area contributed by atoms with E-state index >= 15 is 0 Å². The number of aliphatic hydroxyl groups is 1. The Morgan fingerprint density at radius 3 is 2.45 bits per heavy atom. The molecule has 2 aromatic rings. The maximum Gasteiger partial charge on any atom is 0.150 e. The molecule has 0 spiro atoms. The Morgan fingerprint density at radius 1 is 1.32 bits per heavy atom. The van der Waals surface area contributed by atoms with Crippen molar-refractivity contribution in [1.82, 2.24) is 9.55 Å². The third kappa shape index (κ3) is 5.05. The van der Waals surface area contributed by atoms with Crippen molar-refractivity contribution >= 4 is 30.2 Å². The van der Waals surface area contributed by atoms with E-state index in [0.29, 0.717) is 16.5 Å². The van der Waals surface area contributed by atoms with E-state index < -0.39 is 6.10 Å². The highest BCUT2D eigenvalue weighted by molar-refractivity contribution is 6.30. The van der Waals surface area contributed by atoms with Crippen LogP contribution in [-0.4, -0.2) is 20.8 Å². The molecule has 1 atom stereocenters. The van der Waals surface area contributed by atoms with Crippen molar-refractivity contribution in [3.05, 3.63) is 53.8 Å². The minimum atomic E-state index is -0.754. The summed E-state index contributed by atoms with van der Waals surface area (Å²) in [6, 6.07) is 7.02. The summed E-state index contributed by atoms with van der Waals surface area (Å²) in [7, 11) is 0. The number of benzene rings is 1. The van der Waals surface area contributed by atoms with Gasteiger partial charge in [0.2, 0.25) is 0 Å². The molecule has 1 aromatic carbocycles. The minimum absolute atomic E-state index is 0. The maximum absolute atomic E-state index is 10.5. The number of hydrogen-bond donors (Lipinski definition) is 1. The van der Waals surface area contributed by atoms with Gasteiger partial charge in [-0.15, -0.1) is 12.4 Å². The lowest BCUT2D eigenvalue weighted by atomic mass is 9.88. The Balaban J connectivity index is 0.00000242. The highest BCUT2D eigenvalue weighted by Crippen LogP contribution is 2.28. The van der Waals surface area contributed by atoms with Crippen LogP contribution >= 0.6 is 24.0 Å². The molecule has 0 aliphatic carbocycles. The molecule has 120 valence electrons. The predicted octanol–water partition coefficient (Wildman–Crippen LogP) is 4.24. The van der Waals surface area contributed by atoms with E-state index in [2.05, 4.69) is 4.98 Å². The Bertz CT molecular complexity index is 602. The fourth-order valence-corrected chi connectivity index (χ4v) is 1.84. The molecule has 0 aliphatic rings. The van der Waals surface area contributed by atoms with Crippen molar-refractivity contribution in [3.63, 3.8) is 0 Å². The van der Waals surface area contributed by atoms with Gasteiger partial charge in [0.05, 0.1) is 12.5 Å². The SMILES string of the molecule is CC(C)(C)C(O)/C(=C/n1ccnc1)Oc1ccc(Cl)cc1.Cl. The first kappa shape index (κ1) is 18.6. The van der Waals surface area contributed by atoms with E-state index in [0.717, 1.165) is 0 Å². The van der Waals surface area contributed by atoms with Crippen molar-refractivity contribution < 1.29 is 9.84 Å². The fourth-order valence-electron chi connectivity index (χ4n) is 1.71. The standard InChI is InChI=1S/C16H19ClN2O2.ClH/c1-16(2,3)15(20)14(10-19-9-8-18-11-19)21-13-6-4-12(17)5-7-13;/h4-11,15,20H,1-3H3;1H/b14-10-;. The van der Waals surface area contributed by atoms with E-state index in [-0.39, 0.29) is 17.8 Å². The van der Waals surface area contributed by atoms with Crippen LogP contribution in [0.15, 0.2) is 48.7 Å². The van der Waals surface area contributed by atoms with Crippen LogP contribution in [0, 0.1) is 5.41 Å². The molecule has 0 radical (unpaired) electrons. The average molecular weight is 343 g/mol. The highest BCUT2D eigenvalue weighted by atomic mass is 35.5. The Hall–Kier alpha value is -1.49. The van der Waals surface area contributed by atoms with Crippen molar-refractivity contribution in [1.29, 1.82) is 0 Å². The smallest absolute Gasteiger partial charge is 0.150 e. The van der Waals surface area contributed by atoms with E-state index in [9.17, 15) is 5.11 Å². The van der Waals surface area contributed by atoms with Crippen LogP contribution in [0.2, 0.25) is 5.02 Å². The lowest BCUT2D eigenvalue weighted by Gasteiger charge is -2.27. The van der Waals surface area contributed by atoms with Crippen molar-refractivity contribution in [3.8, 4) is 5.75 Å². The second-order valence-electron chi connectivity index (χ2n) is 5.87. The van der Waals surface area contributed by atoms with Gasteiger partial charge in [0, 0.05) is 17.4 Å². The van der Waals surface area contributed by atoms with Gasteiger partial charge in [-0.25, -0.2) is 4.98 Å². The second kappa shape index (κ2) is 7.68. The largest absolute Gasteiger partial charge is 0.457 e. The fraction of sp³-hybridized carbons (Fsp3) is 0.312. The maximum atomic E-state index is 10.5. The third-order valence-corrected chi connectivity index (χ3v) is 3.19. The van der Waals surface area contributed by atoms with Gasteiger partial charge in [0.1, 0.15) is 17.6 Å². The van der Waals surface area contributed by atoms with Gasteiger partial charge >= 0.3 is 0 Å². The summed E-state index contributed by atoms with van der Waals surface area (Å²) in [5.41, 5.74) is -0.348. The van der Waals surface area contributed by atoms with Gasteiger partial charge < -0.3 is 14.4 Å². The summed E-state index contributed by atoms with van der Waals surface area (Å²) in [4.78, 5) is 3.98. The molecule has 0 saturated heterocycles. The quantitative estimate of drug-likeness (QED) is 0.845. The van der Waals surface area contributed by atoms with Crippen molar-refractivity contribution in [2.24, 2.45) is 5.41 Å². The number of ether oxygens (including phenoxy) is 1. The molecule has 0 fully saturated rings. The molecule has 22 heavy (non-hydrogen) atoms. The molecule has 2 rings (SSSR count). The minimum Gasteiger partial charge on any atom is -0.457 e. The lowest BCUT2D eigenvalue weighted by molar-refractivity contribution is 0.0637. The second-order valence-corrected chi connectivity index (χ2v) is 6.30. The Labute approximate surface area is 141 Å². The van der Waals surface area contributed by atoms with Crippen LogP contribution in [0.4, 0.5) is 0 Å². The average Bonchev–Trinajstić information content (AvgIpc) is 2.91. The zero-order valence-electron chi connectivity index (χ0n) is 12.7. The molecule has 0 saturated carbocycles. The Morgan fingerprint density at radius 2 is 1.95 bits per heavy atom. The number of rotatable bonds is 4. The first-order chi connectivity index (χ1) is 9.86. The summed E-state index contributed by atoms with van der Waals surface area (Å²) in [5.74, 6) is 1.07. The first-order valence-electron chi connectivity index (χ1n) is 6.67. The number of nitrogens with zero attached hydrogens (tertiary/aromatic N) is 2. The van der Waals surface area contributed by atoms with Crippen LogP contribution in [0.25, 0.3) is 6.20 Å².